The van der Waals surface area contributed by atoms with Gasteiger partial charge in [-0.2, -0.15) is 5.10 Å². The zero-order valence-electron chi connectivity index (χ0n) is 18.2. The molecule has 2 saturated heterocycles. The maximum Gasteiger partial charge on any atom is 0.0972 e. The van der Waals surface area contributed by atoms with Crippen LogP contribution in [0.1, 0.15) is 18.4 Å². The van der Waals surface area contributed by atoms with Crippen LogP contribution in [0.25, 0.3) is 16.9 Å². The third-order valence-electron chi connectivity index (χ3n) is 6.58. The van der Waals surface area contributed by atoms with Crippen LogP contribution >= 0.6 is 0 Å². The number of benzene rings is 2. The van der Waals surface area contributed by atoms with E-state index in [2.05, 4.69) is 70.6 Å². The lowest BCUT2D eigenvalue weighted by atomic mass is 9.95. The zero-order valence-corrected chi connectivity index (χ0v) is 18.2. The SMILES string of the molecule is c1ccc(-c2nn(-c3ccccc3)cc2CN2CCC(CN3CCOCC3)CC2)cc1. The fourth-order valence-electron chi connectivity index (χ4n) is 4.79. The molecule has 0 radical (unpaired) electrons. The molecule has 162 valence electrons. The monoisotopic (exact) mass is 416 g/mol. The van der Waals surface area contributed by atoms with Gasteiger partial charge in [0, 0.05) is 43.5 Å². The minimum absolute atomic E-state index is 0.815. The quantitative estimate of drug-likeness (QED) is 0.606. The van der Waals surface area contributed by atoms with Crippen LogP contribution in [0.2, 0.25) is 0 Å². The van der Waals surface area contributed by atoms with Gasteiger partial charge in [-0.05, 0) is 44.0 Å². The molecule has 0 atom stereocenters. The zero-order chi connectivity index (χ0) is 20.9. The van der Waals surface area contributed by atoms with Crippen LogP contribution in [-0.2, 0) is 11.3 Å². The van der Waals surface area contributed by atoms with Gasteiger partial charge in [0.25, 0.3) is 0 Å². The molecule has 0 spiro atoms. The maximum atomic E-state index is 5.50. The summed E-state index contributed by atoms with van der Waals surface area (Å²) < 4.78 is 7.53. The normalized spacial score (nSPS) is 19.0. The Morgan fingerprint density at radius 1 is 0.806 bits per heavy atom. The molecule has 0 amide bonds. The van der Waals surface area contributed by atoms with Gasteiger partial charge in [0.05, 0.1) is 24.6 Å². The highest BCUT2D eigenvalue weighted by Crippen LogP contribution is 2.27. The number of hydrogen-bond acceptors (Lipinski definition) is 4. The predicted molar refractivity (Wildman–Crippen MR) is 124 cm³/mol. The van der Waals surface area contributed by atoms with Crippen molar-refractivity contribution in [3.05, 3.63) is 72.4 Å². The summed E-state index contributed by atoms with van der Waals surface area (Å²) in [6.07, 6.45) is 4.78. The first-order chi connectivity index (χ1) is 15.3. The van der Waals surface area contributed by atoms with Crippen LogP contribution in [0.4, 0.5) is 0 Å². The molecule has 31 heavy (non-hydrogen) atoms. The van der Waals surface area contributed by atoms with Gasteiger partial charge in [-0.3, -0.25) is 9.80 Å². The van der Waals surface area contributed by atoms with Crippen molar-refractivity contribution in [2.24, 2.45) is 5.92 Å². The van der Waals surface area contributed by atoms with E-state index in [0.717, 1.165) is 50.1 Å². The molecular weight excluding hydrogens is 384 g/mol. The Labute approximate surface area is 185 Å². The van der Waals surface area contributed by atoms with E-state index in [1.54, 1.807) is 0 Å². The summed E-state index contributed by atoms with van der Waals surface area (Å²) in [5.74, 6) is 0.815. The summed E-state index contributed by atoms with van der Waals surface area (Å²) >= 11 is 0. The summed E-state index contributed by atoms with van der Waals surface area (Å²) in [4.78, 5) is 5.19. The first kappa shape index (κ1) is 20.4. The predicted octanol–water partition coefficient (Wildman–Crippen LogP) is 4.08. The highest BCUT2D eigenvalue weighted by atomic mass is 16.5. The number of likely N-dealkylation sites (tertiary alicyclic amines) is 1. The lowest BCUT2D eigenvalue weighted by Crippen LogP contribution is -2.42. The van der Waals surface area contributed by atoms with Crippen LogP contribution in [0.15, 0.2) is 66.9 Å². The maximum absolute atomic E-state index is 5.50. The fourth-order valence-corrected chi connectivity index (χ4v) is 4.79. The summed E-state index contributed by atoms with van der Waals surface area (Å²) in [6, 6.07) is 21.0. The van der Waals surface area contributed by atoms with Crippen molar-refractivity contribution < 1.29 is 4.74 Å². The molecule has 3 heterocycles. The third-order valence-corrected chi connectivity index (χ3v) is 6.58. The average Bonchev–Trinajstić information content (AvgIpc) is 3.26. The lowest BCUT2D eigenvalue weighted by Gasteiger charge is -2.36. The minimum Gasteiger partial charge on any atom is -0.379 e. The second-order valence-electron chi connectivity index (χ2n) is 8.78. The van der Waals surface area contributed by atoms with E-state index in [1.165, 1.54) is 43.6 Å². The van der Waals surface area contributed by atoms with Gasteiger partial charge in [0.15, 0.2) is 0 Å². The van der Waals surface area contributed by atoms with Gasteiger partial charge < -0.3 is 4.74 Å². The number of para-hydroxylation sites is 1. The van der Waals surface area contributed by atoms with Crippen molar-refractivity contribution in [1.29, 1.82) is 0 Å². The van der Waals surface area contributed by atoms with E-state index in [4.69, 9.17) is 9.84 Å². The number of aromatic nitrogens is 2. The number of nitrogens with zero attached hydrogens (tertiary/aromatic N) is 4. The second-order valence-corrected chi connectivity index (χ2v) is 8.78. The van der Waals surface area contributed by atoms with Crippen LogP contribution in [0, 0.1) is 5.92 Å². The second kappa shape index (κ2) is 9.77. The largest absolute Gasteiger partial charge is 0.379 e. The first-order valence-corrected chi connectivity index (χ1v) is 11.6. The molecule has 5 nitrogen and oxygen atoms in total. The number of hydrogen-bond donors (Lipinski definition) is 0. The highest BCUT2D eigenvalue weighted by molar-refractivity contribution is 5.63. The molecule has 2 aliphatic rings. The molecule has 0 unspecified atom stereocenters. The summed E-state index contributed by atoms with van der Waals surface area (Å²) in [7, 11) is 0. The summed E-state index contributed by atoms with van der Waals surface area (Å²) in [5, 5.41) is 4.98. The molecule has 0 bridgehead atoms. The first-order valence-electron chi connectivity index (χ1n) is 11.6. The molecular formula is C26H32N4O. The molecule has 0 N–H and O–H groups in total. The minimum atomic E-state index is 0.815. The van der Waals surface area contributed by atoms with Crippen molar-refractivity contribution in [2.45, 2.75) is 19.4 Å². The number of morpholine rings is 1. The smallest absolute Gasteiger partial charge is 0.0972 e. The molecule has 5 heteroatoms. The topological polar surface area (TPSA) is 33.5 Å². The molecule has 1 aromatic heterocycles. The summed E-state index contributed by atoms with van der Waals surface area (Å²) in [5.41, 5.74) is 4.70. The van der Waals surface area contributed by atoms with Crippen molar-refractivity contribution in [3.8, 4) is 16.9 Å². The van der Waals surface area contributed by atoms with E-state index in [-0.39, 0.29) is 0 Å². The summed E-state index contributed by atoms with van der Waals surface area (Å²) in [6.45, 7) is 8.51. The van der Waals surface area contributed by atoms with E-state index in [9.17, 15) is 0 Å². The van der Waals surface area contributed by atoms with Crippen LogP contribution in [0.3, 0.4) is 0 Å². The molecule has 2 aromatic carbocycles. The number of rotatable bonds is 6. The molecule has 2 aliphatic heterocycles. The van der Waals surface area contributed by atoms with Gasteiger partial charge in [-0.25, -0.2) is 4.68 Å². The van der Waals surface area contributed by atoms with Crippen molar-refractivity contribution in [2.75, 3.05) is 45.9 Å². The molecule has 0 aliphatic carbocycles. The van der Waals surface area contributed by atoms with Gasteiger partial charge in [0.1, 0.15) is 0 Å². The van der Waals surface area contributed by atoms with Crippen LogP contribution in [0.5, 0.6) is 0 Å². The standard InChI is InChI=1S/C26H32N4O/c1-3-7-23(8-4-1)26-24(21-30(27-26)25-9-5-2-6-10-25)20-28-13-11-22(12-14-28)19-29-15-17-31-18-16-29/h1-10,21-22H,11-20H2. The number of ether oxygens (including phenoxy) is 1. The molecule has 0 saturated carbocycles. The van der Waals surface area contributed by atoms with Gasteiger partial charge >= 0.3 is 0 Å². The van der Waals surface area contributed by atoms with E-state index in [1.807, 2.05) is 10.7 Å². The highest BCUT2D eigenvalue weighted by Gasteiger charge is 2.24. The van der Waals surface area contributed by atoms with Crippen LogP contribution < -0.4 is 0 Å². The Hall–Kier alpha value is -2.47. The van der Waals surface area contributed by atoms with E-state index in [0.29, 0.717) is 0 Å². The Morgan fingerprint density at radius 2 is 1.48 bits per heavy atom. The molecule has 3 aromatic rings. The van der Waals surface area contributed by atoms with Crippen molar-refractivity contribution in [3.63, 3.8) is 0 Å². The Balaban J connectivity index is 1.28. The Morgan fingerprint density at radius 3 is 2.19 bits per heavy atom. The van der Waals surface area contributed by atoms with Gasteiger partial charge in [0.2, 0.25) is 0 Å². The number of piperidine rings is 1. The molecule has 5 rings (SSSR count). The van der Waals surface area contributed by atoms with E-state index < -0.39 is 0 Å². The van der Waals surface area contributed by atoms with Gasteiger partial charge in [-0.15, -0.1) is 0 Å². The lowest BCUT2D eigenvalue weighted by molar-refractivity contribution is 0.0242. The van der Waals surface area contributed by atoms with Crippen LogP contribution in [-0.4, -0.2) is 65.5 Å². The molecule has 2 fully saturated rings. The Bertz CT molecular complexity index is 942. The average molecular weight is 417 g/mol. The van der Waals surface area contributed by atoms with Crippen molar-refractivity contribution in [1.82, 2.24) is 19.6 Å². The van der Waals surface area contributed by atoms with Gasteiger partial charge in [-0.1, -0.05) is 48.5 Å². The van der Waals surface area contributed by atoms with Crippen molar-refractivity contribution >= 4 is 0 Å². The third kappa shape index (κ3) is 5.06. The van der Waals surface area contributed by atoms with E-state index >= 15 is 0 Å². The fraction of sp³-hybridized carbons (Fsp3) is 0.423. The Kier molecular flexibility index (Phi) is 6.44.